The Labute approximate surface area is 137 Å². The van der Waals surface area contributed by atoms with Crippen LogP contribution in [0, 0.1) is 0 Å². The van der Waals surface area contributed by atoms with Crippen molar-refractivity contribution in [1.29, 1.82) is 0 Å². The van der Waals surface area contributed by atoms with E-state index in [1.165, 1.54) is 5.39 Å². The van der Waals surface area contributed by atoms with E-state index in [1.54, 1.807) is 0 Å². The van der Waals surface area contributed by atoms with Crippen LogP contribution in [0.4, 0.5) is 0 Å². The van der Waals surface area contributed by atoms with Gasteiger partial charge in [-0.05, 0) is 22.9 Å². The van der Waals surface area contributed by atoms with E-state index in [0.29, 0.717) is 12.5 Å². The highest BCUT2D eigenvalue weighted by molar-refractivity contribution is 9.10. The molecule has 0 bridgehead atoms. The molecule has 0 spiro atoms. The topological polar surface area (TPSA) is 9.23 Å². The molecule has 0 saturated heterocycles. The van der Waals surface area contributed by atoms with Crippen molar-refractivity contribution in [3.63, 3.8) is 0 Å². The van der Waals surface area contributed by atoms with Crippen LogP contribution in [-0.2, 0) is 12.5 Å². The third kappa shape index (κ3) is 3.07. The summed E-state index contributed by atoms with van der Waals surface area (Å²) in [4.78, 5) is 0. The molecule has 1 nitrogen and oxygen atoms in total. The predicted octanol–water partition coefficient (Wildman–Crippen LogP) is 5.92. The summed E-state index contributed by atoms with van der Waals surface area (Å²) in [5.74, 6) is 1.28. The first kappa shape index (κ1) is 14.4. The van der Waals surface area contributed by atoms with Crippen molar-refractivity contribution in [1.82, 2.24) is 0 Å². The Kier molecular flexibility index (Phi) is 4.47. The van der Waals surface area contributed by atoms with Gasteiger partial charge in [0.25, 0.3) is 0 Å². The summed E-state index contributed by atoms with van der Waals surface area (Å²) in [5, 5.41) is 2.33. The van der Waals surface area contributed by atoms with E-state index in [0.717, 1.165) is 26.7 Å². The summed E-state index contributed by atoms with van der Waals surface area (Å²) in [6, 6.07) is 20.4. The minimum absolute atomic E-state index is 0.437. The second-order valence-electron chi connectivity index (χ2n) is 4.78. The van der Waals surface area contributed by atoms with Crippen LogP contribution in [0.15, 0.2) is 65.1 Å². The number of halogens is 2. The van der Waals surface area contributed by atoms with E-state index in [4.69, 9.17) is 16.3 Å². The Morgan fingerprint density at radius 2 is 1.67 bits per heavy atom. The molecule has 0 aromatic heterocycles. The Balaban J connectivity index is 1.92. The van der Waals surface area contributed by atoms with E-state index in [-0.39, 0.29) is 0 Å². The zero-order valence-corrected chi connectivity index (χ0v) is 13.7. The normalized spacial score (nSPS) is 10.8. The van der Waals surface area contributed by atoms with Gasteiger partial charge in [0.2, 0.25) is 0 Å². The zero-order chi connectivity index (χ0) is 14.7. The summed E-state index contributed by atoms with van der Waals surface area (Å²) in [6.45, 7) is 0.518. The Morgan fingerprint density at radius 1 is 0.905 bits per heavy atom. The second-order valence-corrected chi connectivity index (χ2v) is 5.90. The number of rotatable bonds is 4. The Morgan fingerprint density at radius 3 is 2.48 bits per heavy atom. The maximum atomic E-state index is 6.13. The first-order chi connectivity index (χ1) is 10.3. The molecule has 0 fully saturated rings. The molecule has 0 amide bonds. The van der Waals surface area contributed by atoms with Crippen LogP contribution < -0.4 is 4.74 Å². The van der Waals surface area contributed by atoms with Gasteiger partial charge in [-0.15, -0.1) is 11.6 Å². The number of benzene rings is 3. The van der Waals surface area contributed by atoms with Crippen molar-refractivity contribution in [2.75, 3.05) is 0 Å². The van der Waals surface area contributed by atoms with Crippen molar-refractivity contribution >= 4 is 38.3 Å². The van der Waals surface area contributed by atoms with Gasteiger partial charge >= 0.3 is 0 Å². The molecular formula is C18H14BrClO. The lowest BCUT2D eigenvalue weighted by Gasteiger charge is -2.13. The van der Waals surface area contributed by atoms with Gasteiger partial charge in [0.15, 0.2) is 0 Å². The SMILES string of the molecule is ClCc1c(OCc2ccccc2Br)ccc2ccccc12. The molecule has 0 N–H and O–H groups in total. The smallest absolute Gasteiger partial charge is 0.124 e. The maximum absolute atomic E-state index is 6.13. The van der Waals surface area contributed by atoms with Crippen LogP contribution in [0.1, 0.15) is 11.1 Å². The summed E-state index contributed by atoms with van der Waals surface area (Å²) in [6.07, 6.45) is 0. The molecule has 0 radical (unpaired) electrons. The van der Waals surface area contributed by atoms with Crippen molar-refractivity contribution in [3.05, 3.63) is 76.3 Å². The summed E-state index contributed by atoms with van der Waals surface area (Å²) >= 11 is 9.67. The lowest BCUT2D eigenvalue weighted by Crippen LogP contribution is -1.99. The van der Waals surface area contributed by atoms with Crippen molar-refractivity contribution in [2.45, 2.75) is 12.5 Å². The highest BCUT2D eigenvalue weighted by Crippen LogP contribution is 2.30. The monoisotopic (exact) mass is 360 g/mol. The lowest BCUT2D eigenvalue weighted by atomic mass is 10.0. The molecule has 0 aliphatic heterocycles. The molecule has 21 heavy (non-hydrogen) atoms. The lowest BCUT2D eigenvalue weighted by molar-refractivity contribution is 0.303. The molecule has 3 aromatic rings. The van der Waals surface area contributed by atoms with Gasteiger partial charge in [-0.25, -0.2) is 0 Å². The molecular weight excluding hydrogens is 348 g/mol. The van der Waals surface area contributed by atoms with E-state index in [9.17, 15) is 0 Å². The predicted molar refractivity (Wildman–Crippen MR) is 92.0 cm³/mol. The molecule has 3 rings (SSSR count). The van der Waals surface area contributed by atoms with Gasteiger partial charge in [-0.3, -0.25) is 0 Å². The molecule has 0 atom stereocenters. The second kappa shape index (κ2) is 6.50. The van der Waals surface area contributed by atoms with E-state index < -0.39 is 0 Å². The van der Waals surface area contributed by atoms with Crippen molar-refractivity contribution in [3.8, 4) is 5.75 Å². The third-order valence-electron chi connectivity index (χ3n) is 3.47. The quantitative estimate of drug-likeness (QED) is 0.524. The molecule has 0 unspecified atom stereocenters. The number of alkyl halides is 1. The number of hydrogen-bond acceptors (Lipinski definition) is 1. The van der Waals surface area contributed by atoms with E-state index in [2.05, 4.69) is 34.1 Å². The molecule has 106 valence electrons. The standard InChI is InChI=1S/C18H14BrClO/c19-17-8-4-2-6-14(17)12-21-18-10-9-13-5-1-3-7-15(13)16(18)11-20/h1-10H,11-12H2. The van der Waals surface area contributed by atoms with Crippen LogP contribution >= 0.6 is 27.5 Å². The van der Waals surface area contributed by atoms with Crippen molar-refractivity contribution in [2.24, 2.45) is 0 Å². The van der Waals surface area contributed by atoms with Crippen LogP contribution in [0.5, 0.6) is 5.75 Å². The summed E-state index contributed by atoms with van der Waals surface area (Å²) < 4.78 is 7.04. The summed E-state index contributed by atoms with van der Waals surface area (Å²) in [7, 11) is 0. The minimum atomic E-state index is 0.437. The molecule has 3 heteroatoms. The van der Waals surface area contributed by atoms with Crippen LogP contribution in [0.3, 0.4) is 0 Å². The fourth-order valence-corrected chi connectivity index (χ4v) is 3.03. The molecule has 0 aliphatic rings. The number of ether oxygens (including phenoxy) is 1. The van der Waals surface area contributed by atoms with E-state index in [1.807, 2.05) is 42.5 Å². The highest BCUT2D eigenvalue weighted by atomic mass is 79.9. The average Bonchev–Trinajstić information content (AvgIpc) is 2.53. The third-order valence-corrected chi connectivity index (χ3v) is 4.51. The largest absolute Gasteiger partial charge is 0.489 e. The van der Waals surface area contributed by atoms with Crippen LogP contribution in [0.25, 0.3) is 10.8 Å². The van der Waals surface area contributed by atoms with Gasteiger partial charge in [0.1, 0.15) is 12.4 Å². The number of hydrogen-bond donors (Lipinski definition) is 0. The fraction of sp³-hybridized carbons (Fsp3) is 0.111. The summed E-state index contributed by atoms with van der Waals surface area (Å²) in [5.41, 5.74) is 2.16. The first-order valence-corrected chi connectivity index (χ1v) is 8.05. The molecule has 0 heterocycles. The van der Waals surface area contributed by atoms with Crippen LogP contribution in [0.2, 0.25) is 0 Å². The van der Waals surface area contributed by atoms with Gasteiger partial charge in [0, 0.05) is 15.6 Å². The molecule has 3 aromatic carbocycles. The van der Waals surface area contributed by atoms with Gasteiger partial charge in [-0.2, -0.15) is 0 Å². The minimum Gasteiger partial charge on any atom is -0.489 e. The molecule has 0 saturated carbocycles. The van der Waals surface area contributed by atoms with Gasteiger partial charge < -0.3 is 4.74 Å². The van der Waals surface area contributed by atoms with Crippen LogP contribution in [-0.4, -0.2) is 0 Å². The van der Waals surface area contributed by atoms with E-state index >= 15 is 0 Å². The maximum Gasteiger partial charge on any atom is 0.124 e. The Hall–Kier alpha value is -1.51. The average molecular weight is 362 g/mol. The van der Waals surface area contributed by atoms with Gasteiger partial charge in [0.05, 0.1) is 5.88 Å². The van der Waals surface area contributed by atoms with Gasteiger partial charge in [-0.1, -0.05) is 64.5 Å². The number of fused-ring (bicyclic) bond motifs is 1. The fourth-order valence-electron chi connectivity index (χ4n) is 2.36. The van der Waals surface area contributed by atoms with Crippen molar-refractivity contribution < 1.29 is 4.74 Å². The zero-order valence-electron chi connectivity index (χ0n) is 11.4. The highest BCUT2D eigenvalue weighted by Gasteiger charge is 2.08. The molecule has 0 aliphatic carbocycles. The Bertz CT molecular complexity index is 770. The first-order valence-electron chi connectivity index (χ1n) is 6.72.